The summed E-state index contributed by atoms with van der Waals surface area (Å²) in [5, 5.41) is 11.7. The van der Waals surface area contributed by atoms with E-state index in [4.69, 9.17) is 0 Å². The van der Waals surface area contributed by atoms with Crippen LogP contribution in [0.5, 0.6) is 0 Å². The van der Waals surface area contributed by atoms with E-state index in [-0.39, 0.29) is 11.5 Å². The summed E-state index contributed by atoms with van der Waals surface area (Å²) in [5.74, 6) is -1.92. The van der Waals surface area contributed by atoms with Crippen LogP contribution in [0.1, 0.15) is 48.0 Å². The Hall–Kier alpha value is -2.05. The molecule has 1 saturated carbocycles. The van der Waals surface area contributed by atoms with Crippen molar-refractivity contribution in [2.75, 3.05) is 0 Å². The molecular weight excluding hydrogens is 311 g/mol. The van der Waals surface area contributed by atoms with Gasteiger partial charge in [0.25, 0.3) is 5.91 Å². The Morgan fingerprint density at radius 1 is 1.09 bits per heavy atom. The molecule has 0 aromatic heterocycles. The van der Waals surface area contributed by atoms with Gasteiger partial charge in [0.2, 0.25) is 0 Å². The van der Waals surface area contributed by atoms with E-state index in [0.29, 0.717) is 0 Å². The van der Waals surface area contributed by atoms with E-state index in [1.54, 1.807) is 0 Å². The summed E-state index contributed by atoms with van der Waals surface area (Å²) >= 11 is 0. The predicted octanol–water partition coefficient (Wildman–Crippen LogP) is 3.47. The SMILES string of the molecule is O=C(N[C@H](C(=O)O)C1CCCCC1)c1ccc(C(F)(F)F)cc1. The number of amides is 1. The molecule has 0 radical (unpaired) electrons. The molecule has 0 aliphatic heterocycles. The van der Waals surface area contributed by atoms with Crippen molar-refractivity contribution in [2.24, 2.45) is 5.92 Å². The molecule has 2 rings (SSSR count). The number of aliphatic carboxylic acids is 1. The van der Waals surface area contributed by atoms with Crippen LogP contribution >= 0.6 is 0 Å². The molecule has 0 unspecified atom stereocenters. The largest absolute Gasteiger partial charge is 0.480 e. The number of carboxylic acid groups (broad SMARTS) is 1. The molecule has 1 aromatic carbocycles. The summed E-state index contributed by atoms with van der Waals surface area (Å²) in [4.78, 5) is 23.5. The van der Waals surface area contributed by atoms with Crippen LogP contribution in [0.25, 0.3) is 0 Å². The number of carboxylic acids is 1. The van der Waals surface area contributed by atoms with Crippen LogP contribution in [0.4, 0.5) is 13.2 Å². The summed E-state index contributed by atoms with van der Waals surface area (Å²) in [7, 11) is 0. The molecule has 1 atom stereocenters. The van der Waals surface area contributed by atoms with E-state index in [1.807, 2.05) is 0 Å². The third-order valence-electron chi connectivity index (χ3n) is 4.15. The predicted molar refractivity (Wildman–Crippen MR) is 76.9 cm³/mol. The highest BCUT2D eigenvalue weighted by atomic mass is 19.4. The third-order valence-corrected chi connectivity index (χ3v) is 4.15. The fraction of sp³-hybridized carbons (Fsp3) is 0.500. The molecule has 1 aliphatic rings. The van der Waals surface area contributed by atoms with Gasteiger partial charge in [-0.1, -0.05) is 19.3 Å². The highest BCUT2D eigenvalue weighted by Gasteiger charge is 2.32. The van der Waals surface area contributed by atoms with Gasteiger partial charge < -0.3 is 10.4 Å². The van der Waals surface area contributed by atoms with Crippen LogP contribution < -0.4 is 5.32 Å². The van der Waals surface area contributed by atoms with Gasteiger partial charge in [-0.2, -0.15) is 13.2 Å². The van der Waals surface area contributed by atoms with Gasteiger partial charge in [0, 0.05) is 5.56 Å². The van der Waals surface area contributed by atoms with Crippen LogP contribution in [0, 0.1) is 5.92 Å². The lowest BCUT2D eigenvalue weighted by Gasteiger charge is -2.28. The van der Waals surface area contributed by atoms with Crippen molar-refractivity contribution in [1.29, 1.82) is 0 Å². The minimum absolute atomic E-state index is 0.0139. The normalized spacial score (nSPS) is 17.5. The van der Waals surface area contributed by atoms with Gasteiger partial charge in [0.15, 0.2) is 0 Å². The van der Waals surface area contributed by atoms with Gasteiger partial charge in [-0.25, -0.2) is 4.79 Å². The van der Waals surface area contributed by atoms with E-state index < -0.39 is 29.7 Å². The van der Waals surface area contributed by atoms with Crippen molar-refractivity contribution in [1.82, 2.24) is 5.32 Å². The number of benzene rings is 1. The van der Waals surface area contributed by atoms with Crippen molar-refractivity contribution in [3.63, 3.8) is 0 Å². The molecule has 0 saturated heterocycles. The first-order chi connectivity index (χ1) is 10.8. The smallest absolute Gasteiger partial charge is 0.416 e. The second kappa shape index (κ2) is 7.02. The van der Waals surface area contributed by atoms with E-state index in [9.17, 15) is 27.9 Å². The van der Waals surface area contributed by atoms with Gasteiger partial charge in [0.05, 0.1) is 5.56 Å². The van der Waals surface area contributed by atoms with Crippen molar-refractivity contribution >= 4 is 11.9 Å². The molecule has 0 heterocycles. The van der Waals surface area contributed by atoms with Gasteiger partial charge >= 0.3 is 12.1 Å². The summed E-state index contributed by atoms with van der Waals surface area (Å²) in [6.45, 7) is 0. The average Bonchev–Trinajstić information content (AvgIpc) is 2.52. The van der Waals surface area contributed by atoms with Crippen LogP contribution in [0.3, 0.4) is 0 Å². The lowest BCUT2D eigenvalue weighted by atomic mass is 9.84. The first-order valence-corrected chi connectivity index (χ1v) is 7.50. The molecule has 7 heteroatoms. The minimum Gasteiger partial charge on any atom is -0.480 e. The zero-order valence-corrected chi connectivity index (χ0v) is 12.4. The van der Waals surface area contributed by atoms with Crippen LogP contribution in [-0.2, 0) is 11.0 Å². The van der Waals surface area contributed by atoms with Gasteiger partial charge in [0.1, 0.15) is 6.04 Å². The number of halogens is 3. The first kappa shape index (κ1) is 17.3. The summed E-state index contributed by atoms with van der Waals surface area (Å²) < 4.78 is 37.5. The van der Waals surface area contributed by atoms with Gasteiger partial charge in [-0.05, 0) is 43.0 Å². The van der Waals surface area contributed by atoms with Crippen molar-refractivity contribution < 1.29 is 27.9 Å². The number of rotatable bonds is 4. The number of nitrogens with one attached hydrogen (secondary N) is 1. The standard InChI is InChI=1S/C16H18F3NO3/c17-16(18,19)12-8-6-11(7-9-12)14(21)20-13(15(22)23)10-4-2-1-3-5-10/h6-10,13H,1-5H2,(H,20,21)(H,22,23)/t13-/m0/s1. The lowest BCUT2D eigenvalue weighted by Crippen LogP contribution is -2.46. The second-order valence-corrected chi connectivity index (χ2v) is 5.76. The number of alkyl halides is 3. The molecule has 1 aromatic rings. The van der Waals surface area contributed by atoms with E-state index in [1.165, 1.54) is 0 Å². The zero-order valence-electron chi connectivity index (χ0n) is 12.4. The molecule has 1 amide bonds. The van der Waals surface area contributed by atoms with Crippen molar-refractivity contribution in [3.8, 4) is 0 Å². The maximum absolute atomic E-state index is 12.5. The Kier molecular flexibility index (Phi) is 5.28. The fourth-order valence-corrected chi connectivity index (χ4v) is 2.88. The third kappa shape index (κ3) is 4.46. The summed E-state index contributed by atoms with van der Waals surface area (Å²) in [6.07, 6.45) is -0.125. The molecule has 1 fully saturated rings. The summed E-state index contributed by atoms with van der Waals surface area (Å²) in [6, 6.07) is 2.72. The van der Waals surface area contributed by atoms with Crippen LogP contribution in [0.2, 0.25) is 0 Å². The van der Waals surface area contributed by atoms with Crippen LogP contribution in [0.15, 0.2) is 24.3 Å². The maximum Gasteiger partial charge on any atom is 0.416 e. The zero-order chi connectivity index (χ0) is 17.0. The number of carbonyl (C=O) groups is 2. The second-order valence-electron chi connectivity index (χ2n) is 5.76. The van der Waals surface area contributed by atoms with Crippen molar-refractivity contribution in [3.05, 3.63) is 35.4 Å². The number of carbonyl (C=O) groups excluding carboxylic acids is 1. The maximum atomic E-state index is 12.5. The molecule has 0 spiro atoms. The Morgan fingerprint density at radius 3 is 2.13 bits per heavy atom. The molecular formula is C16H18F3NO3. The molecule has 2 N–H and O–H groups in total. The summed E-state index contributed by atoms with van der Waals surface area (Å²) in [5.41, 5.74) is -0.837. The topological polar surface area (TPSA) is 66.4 Å². The van der Waals surface area contributed by atoms with E-state index >= 15 is 0 Å². The highest BCUT2D eigenvalue weighted by molar-refractivity contribution is 5.96. The monoisotopic (exact) mass is 329 g/mol. The quantitative estimate of drug-likeness (QED) is 0.889. The van der Waals surface area contributed by atoms with Gasteiger partial charge in [-0.3, -0.25) is 4.79 Å². The molecule has 4 nitrogen and oxygen atoms in total. The van der Waals surface area contributed by atoms with Gasteiger partial charge in [-0.15, -0.1) is 0 Å². The van der Waals surface area contributed by atoms with Crippen LogP contribution in [-0.4, -0.2) is 23.0 Å². The Bertz CT molecular complexity index is 563. The highest BCUT2D eigenvalue weighted by Crippen LogP contribution is 2.29. The number of hydrogen-bond donors (Lipinski definition) is 2. The lowest BCUT2D eigenvalue weighted by molar-refractivity contribution is -0.141. The Balaban J connectivity index is 2.07. The molecule has 23 heavy (non-hydrogen) atoms. The van der Waals surface area contributed by atoms with E-state index in [2.05, 4.69) is 5.32 Å². The molecule has 0 bridgehead atoms. The average molecular weight is 329 g/mol. The number of hydrogen-bond acceptors (Lipinski definition) is 2. The first-order valence-electron chi connectivity index (χ1n) is 7.50. The van der Waals surface area contributed by atoms with Crippen molar-refractivity contribution in [2.45, 2.75) is 44.3 Å². The fourth-order valence-electron chi connectivity index (χ4n) is 2.88. The minimum atomic E-state index is -4.47. The molecule has 1 aliphatic carbocycles. The Morgan fingerprint density at radius 2 is 1.65 bits per heavy atom. The Labute approximate surface area is 131 Å². The van der Waals surface area contributed by atoms with E-state index in [0.717, 1.165) is 56.4 Å². The molecule has 126 valence electrons.